The van der Waals surface area contributed by atoms with Gasteiger partial charge in [0.1, 0.15) is 17.8 Å². The Balaban J connectivity index is 0.00000169. The zero-order valence-corrected chi connectivity index (χ0v) is 14.8. The van der Waals surface area contributed by atoms with Gasteiger partial charge in [0.05, 0.1) is 9.76 Å². The van der Waals surface area contributed by atoms with Crippen LogP contribution in [0.4, 0.5) is 5.69 Å². The summed E-state index contributed by atoms with van der Waals surface area (Å²) in [5.41, 5.74) is 1.52. The highest BCUT2D eigenvalue weighted by Crippen LogP contribution is 2.31. The molecule has 4 rings (SSSR count). The van der Waals surface area contributed by atoms with Crippen LogP contribution in [-0.4, -0.2) is 30.1 Å². The minimum atomic E-state index is -0.370. The van der Waals surface area contributed by atoms with Crippen LogP contribution in [0, 0.1) is 0 Å². The number of nitrogens with zero attached hydrogens (tertiary/aromatic N) is 3. The Morgan fingerprint density at radius 1 is 1.21 bits per heavy atom. The second kappa shape index (κ2) is 6.66. The number of esters is 1. The molecule has 0 aliphatic carbocycles. The van der Waals surface area contributed by atoms with E-state index in [1.807, 2.05) is 36.4 Å². The number of ether oxygens (including phenoxy) is 1. The predicted octanol–water partition coefficient (Wildman–Crippen LogP) is -1.35. The van der Waals surface area contributed by atoms with Gasteiger partial charge in [-0.15, -0.1) is 0 Å². The van der Waals surface area contributed by atoms with Gasteiger partial charge in [-0.2, -0.15) is 0 Å². The summed E-state index contributed by atoms with van der Waals surface area (Å²) in [6, 6.07) is 14.8. The van der Waals surface area contributed by atoms with E-state index in [1.165, 1.54) is 15.6 Å². The normalized spacial score (nSPS) is 13.2. The van der Waals surface area contributed by atoms with Gasteiger partial charge in [-0.05, 0) is 24.3 Å². The van der Waals surface area contributed by atoms with Gasteiger partial charge in [-0.3, -0.25) is 0 Å². The molecule has 122 valence electrons. The molecule has 8 heteroatoms. The topological polar surface area (TPSA) is 63.4 Å². The van der Waals surface area contributed by atoms with Gasteiger partial charge < -0.3 is 26.6 Å². The van der Waals surface area contributed by atoms with E-state index in [0.29, 0.717) is 5.75 Å². The number of hydrogen-bond donors (Lipinski definition) is 0. The van der Waals surface area contributed by atoms with Crippen molar-refractivity contribution in [2.24, 2.45) is 0 Å². The Morgan fingerprint density at radius 3 is 2.79 bits per heavy atom. The minimum Gasteiger partial charge on any atom is -1.00 e. The van der Waals surface area contributed by atoms with E-state index in [2.05, 4.69) is 5.10 Å². The number of halogens is 1. The molecule has 1 aliphatic rings. The number of benzene rings is 2. The van der Waals surface area contributed by atoms with Crippen molar-refractivity contribution in [1.82, 2.24) is 5.10 Å². The van der Waals surface area contributed by atoms with Crippen LogP contribution in [0.1, 0.15) is 4.79 Å². The van der Waals surface area contributed by atoms with Crippen LogP contribution in [0.15, 0.2) is 48.5 Å². The molecular weight excluding hydrogens is 394 g/mol. The van der Waals surface area contributed by atoms with Gasteiger partial charge in [0.15, 0.2) is 22.8 Å². The Morgan fingerprint density at radius 2 is 1.96 bits per heavy atom. The maximum absolute atomic E-state index is 12.5. The SMILES string of the molecule is O=C1CN(CC(=O)[n+]2nc3ccccc3s2)c2ccccc2O1.[Br-]. The number of fused-ring (bicyclic) bond motifs is 2. The fourth-order valence-electron chi connectivity index (χ4n) is 2.50. The third kappa shape index (κ3) is 3.02. The number of aromatic nitrogens is 2. The maximum atomic E-state index is 12.5. The van der Waals surface area contributed by atoms with Crippen molar-refractivity contribution in [2.75, 3.05) is 18.0 Å². The highest BCUT2D eigenvalue weighted by Gasteiger charge is 2.30. The van der Waals surface area contributed by atoms with Crippen LogP contribution in [-0.2, 0) is 4.79 Å². The van der Waals surface area contributed by atoms with Gasteiger partial charge in [-0.25, -0.2) is 9.59 Å². The Hall–Kier alpha value is -2.32. The first-order valence-corrected chi connectivity index (χ1v) is 7.84. The largest absolute Gasteiger partial charge is 1.00 e. The highest BCUT2D eigenvalue weighted by atomic mass is 79.9. The number of carbonyl (C=O) groups excluding carboxylic acids is 2. The van der Waals surface area contributed by atoms with Crippen molar-refractivity contribution in [3.8, 4) is 5.75 Å². The lowest BCUT2D eigenvalue weighted by Gasteiger charge is -2.27. The van der Waals surface area contributed by atoms with Crippen molar-refractivity contribution >= 4 is 39.3 Å². The second-order valence-corrected chi connectivity index (χ2v) is 6.09. The Bertz CT molecular complexity index is 895. The summed E-state index contributed by atoms with van der Waals surface area (Å²) >= 11 is 1.29. The lowest BCUT2D eigenvalue weighted by atomic mass is 10.2. The van der Waals surface area contributed by atoms with Crippen molar-refractivity contribution in [3.05, 3.63) is 48.5 Å². The third-order valence-corrected chi connectivity index (χ3v) is 4.54. The van der Waals surface area contributed by atoms with Gasteiger partial charge in [0, 0.05) is 5.10 Å². The van der Waals surface area contributed by atoms with E-state index in [-0.39, 0.29) is 41.9 Å². The molecule has 3 aromatic rings. The van der Waals surface area contributed by atoms with Crippen molar-refractivity contribution in [3.63, 3.8) is 0 Å². The summed E-state index contributed by atoms with van der Waals surface area (Å²) in [6.45, 7) is 0.116. The lowest BCUT2D eigenvalue weighted by molar-refractivity contribution is -0.563. The summed E-state index contributed by atoms with van der Waals surface area (Å²) in [5.74, 6) is -0.0765. The molecule has 0 bridgehead atoms. The number of rotatable bonds is 2. The second-order valence-electron chi connectivity index (χ2n) is 5.12. The van der Waals surface area contributed by atoms with Crippen LogP contribution >= 0.6 is 11.5 Å². The first kappa shape index (κ1) is 16.5. The first-order chi connectivity index (χ1) is 11.2. The fraction of sp³-hybridized carbons (Fsp3) is 0.125. The molecule has 6 nitrogen and oxygen atoms in total. The van der Waals surface area contributed by atoms with E-state index in [1.54, 1.807) is 17.0 Å². The van der Waals surface area contributed by atoms with Crippen LogP contribution in [0.3, 0.4) is 0 Å². The molecule has 0 atom stereocenters. The molecule has 0 fully saturated rings. The number of carbonyl (C=O) groups is 2. The van der Waals surface area contributed by atoms with E-state index >= 15 is 0 Å². The van der Waals surface area contributed by atoms with Crippen LogP contribution < -0.4 is 30.7 Å². The molecule has 0 saturated heterocycles. The molecule has 0 amide bonds. The summed E-state index contributed by atoms with van der Waals surface area (Å²) in [6.07, 6.45) is 0. The van der Waals surface area contributed by atoms with E-state index in [4.69, 9.17) is 4.74 Å². The first-order valence-electron chi connectivity index (χ1n) is 7.07. The average molecular weight is 406 g/mol. The summed E-state index contributed by atoms with van der Waals surface area (Å²) in [5, 5.41) is 4.30. The van der Waals surface area contributed by atoms with Crippen molar-refractivity contribution in [1.29, 1.82) is 0 Å². The molecule has 0 unspecified atom stereocenters. The standard InChI is InChI=1S/C16H12N3O3S.BrH/c20-15(19-17-11-5-1-4-8-14(11)23-19)9-18-10-16(21)22-13-7-3-2-6-12(13)18;/h1-8H,9-10H2;1H/q+1;/p-1. The summed E-state index contributed by atoms with van der Waals surface area (Å²) < 4.78 is 7.50. The molecule has 2 heterocycles. The Labute approximate surface area is 152 Å². The quantitative estimate of drug-likeness (QED) is 0.299. The summed E-state index contributed by atoms with van der Waals surface area (Å²) in [7, 11) is 0. The fourth-order valence-corrected chi connectivity index (χ4v) is 3.32. The van der Waals surface area contributed by atoms with Crippen LogP contribution in [0.5, 0.6) is 5.75 Å². The highest BCUT2D eigenvalue weighted by molar-refractivity contribution is 7.09. The van der Waals surface area contributed by atoms with Gasteiger partial charge in [0.25, 0.3) is 0 Å². The molecule has 0 spiro atoms. The zero-order valence-electron chi connectivity index (χ0n) is 12.4. The zero-order chi connectivity index (χ0) is 15.8. The Kier molecular flexibility index (Phi) is 4.59. The maximum Gasteiger partial charge on any atom is 0.449 e. The minimum absolute atomic E-state index is 0. The molecular formula is C16H12BrN3O3S. The molecule has 0 N–H and O–H groups in total. The number of para-hydroxylation sites is 2. The van der Waals surface area contributed by atoms with E-state index in [9.17, 15) is 9.59 Å². The molecule has 2 aromatic carbocycles. The van der Waals surface area contributed by atoms with E-state index in [0.717, 1.165) is 15.9 Å². The monoisotopic (exact) mass is 405 g/mol. The number of hydrogen-bond acceptors (Lipinski definition) is 6. The molecule has 0 radical (unpaired) electrons. The number of anilines is 1. The van der Waals surface area contributed by atoms with Gasteiger partial charge in [-0.1, -0.05) is 24.3 Å². The average Bonchev–Trinajstić information content (AvgIpc) is 2.99. The third-order valence-electron chi connectivity index (χ3n) is 3.54. The van der Waals surface area contributed by atoms with Crippen LogP contribution in [0.2, 0.25) is 0 Å². The van der Waals surface area contributed by atoms with Gasteiger partial charge in [0.2, 0.25) is 0 Å². The van der Waals surface area contributed by atoms with E-state index < -0.39 is 0 Å². The molecule has 1 aliphatic heterocycles. The molecule has 1 aromatic heterocycles. The molecule has 24 heavy (non-hydrogen) atoms. The van der Waals surface area contributed by atoms with Crippen molar-refractivity contribution in [2.45, 2.75) is 0 Å². The smallest absolute Gasteiger partial charge is 0.449 e. The molecule has 0 saturated carbocycles. The van der Waals surface area contributed by atoms with Gasteiger partial charge >= 0.3 is 11.9 Å². The lowest BCUT2D eigenvalue weighted by Crippen LogP contribution is -3.00. The predicted molar refractivity (Wildman–Crippen MR) is 84.7 cm³/mol. The summed E-state index contributed by atoms with van der Waals surface area (Å²) in [4.78, 5) is 25.9. The van der Waals surface area contributed by atoms with Crippen LogP contribution in [0.25, 0.3) is 10.2 Å². The van der Waals surface area contributed by atoms with Crippen molar-refractivity contribution < 1.29 is 35.4 Å².